The van der Waals surface area contributed by atoms with Crippen LogP contribution in [0.2, 0.25) is 0 Å². The van der Waals surface area contributed by atoms with Gasteiger partial charge in [0.2, 0.25) is 5.78 Å². The minimum Gasteiger partial charge on any atom is -0.309 e. The van der Waals surface area contributed by atoms with E-state index < -0.39 is 0 Å². The van der Waals surface area contributed by atoms with Gasteiger partial charge < -0.3 is 4.57 Å². The Morgan fingerprint density at radius 1 is 0.309 bits per heavy atom. The van der Waals surface area contributed by atoms with Gasteiger partial charge in [0.15, 0.2) is 0 Å². The molecule has 0 radical (unpaired) electrons. The molecule has 3 aromatic heterocycles. The van der Waals surface area contributed by atoms with E-state index >= 15 is 0 Å². The number of hydrogen-bond acceptors (Lipinski definition) is 1. The van der Waals surface area contributed by atoms with Crippen molar-refractivity contribution in [2.24, 2.45) is 0 Å². The van der Waals surface area contributed by atoms with Crippen molar-refractivity contribution >= 4 is 38.6 Å². The third-order valence-electron chi connectivity index (χ3n) is 10.8. The molecule has 0 fully saturated rings. The Morgan fingerprint density at radius 3 is 1.60 bits per heavy atom. The van der Waals surface area contributed by atoms with Crippen molar-refractivity contribution in [1.82, 2.24) is 18.5 Å². The fourth-order valence-corrected chi connectivity index (χ4v) is 8.34. The lowest BCUT2D eigenvalue weighted by Crippen LogP contribution is -1.95. The van der Waals surface area contributed by atoms with Crippen molar-refractivity contribution in [1.29, 1.82) is 0 Å². The molecule has 0 saturated heterocycles. The van der Waals surface area contributed by atoms with Crippen molar-refractivity contribution in [3.05, 3.63) is 206 Å². The zero-order chi connectivity index (χ0) is 36.3. The summed E-state index contributed by atoms with van der Waals surface area (Å²) in [6.07, 6.45) is 0. The average molecular weight is 703 g/mol. The van der Waals surface area contributed by atoms with Crippen LogP contribution in [0.4, 0.5) is 0 Å². The molecule has 4 heteroatoms. The molecule has 0 saturated carbocycles. The number of benzene rings is 8. The second-order valence-electron chi connectivity index (χ2n) is 14.1. The van der Waals surface area contributed by atoms with E-state index in [9.17, 15) is 0 Å². The first kappa shape index (κ1) is 31.1. The quantitative estimate of drug-likeness (QED) is 0.169. The van der Waals surface area contributed by atoms with Crippen molar-refractivity contribution in [2.75, 3.05) is 0 Å². The van der Waals surface area contributed by atoms with E-state index in [-0.39, 0.29) is 0 Å². The van der Waals surface area contributed by atoms with Gasteiger partial charge in [0, 0.05) is 33.3 Å². The van der Waals surface area contributed by atoms with E-state index in [1.807, 2.05) is 0 Å². The van der Waals surface area contributed by atoms with E-state index in [0.29, 0.717) is 0 Å². The zero-order valence-electron chi connectivity index (χ0n) is 29.9. The maximum Gasteiger partial charge on any atom is 0.220 e. The number of imidazole rings is 2. The highest BCUT2D eigenvalue weighted by molar-refractivity contribution is 6.10. The SMILES string of the molecule is c1ccc(-c2cccc(-n3c4ccccc4c4cc(-c5ccc6c(c5)n5c(-c7ccccc7)c(-c7ccccc7)nc5n6-c5ccccc5)ccc43)c2)cc1. The molecule has 8 aromatic carbocycles. The standard InChI is InChI=1S/C51H34N4/c1-5-16-35(17-6-1)38-22-15-25-42(32-38)53-45-27-14-13-26-43(45)44-33-39(28-30-46(44)53)40-29-31-47-48(34-40)55-50(37-20-9-3-10-21-37)49(36-18-7-2-8-19-36)52-51(55)54(47)41-23-11-4-12-24-41/h1-34H. The normalized spacial score (nSPS) is 11.6. The first-order valence-corrected chi connectivity index (χ1v) is 18.7. The highest BCUT2D eigenvalue weighted by Crippen LogP contribution is 2.40. The summed E-state index contributed by atoms with van der Waals surface area (Å²) >= 11 is 0. The molecule has 11 rings (SSSR count). The Kier molecular flexibility index (Phi) is 7.14. The molecule has 258 valence electrons. The first-order chi connectivity index (χ1) is 27.3. The lowest BCUT2D eigenvalue weighted by Gasteiger charge is -2.11. The fourth-order valence-electron chi connectivity index (χ4n) is 8.34. The van der Waals surface area contributed by atoms with Gasteiger partial charge in [-0.3, -0.25) is 8.97 Å². The average Bonchev–Trinajstić information content (AvgIpc) is 3.92. The molecule has 0 amide bonds. The van der Waals surface area contributed by atoms with Crippen LogP contribution < -0.4 is 0 Å². The van der Waals surface area contributed by atoms with Crippen LogP contribution in [0.5, 0.6) is 0 Å². The highest BCUT2D eigenvalue weighted by atomic mass is 15.2. The number of fused-ring (bicyclic) bond motifs is 6. The molecule has 0 spiro atoms. The van der Waals surface area contributed by atoms with Gasteiger partial charge in [-0.25, -0.2) is 4.98 Å². The Hall–Kier alpha value is -7.43. The molecule has 11 aromatic rings. The Labute approximate surface area is 318 Å². The van der Waals surface area contributed by atoms with Gasteiger partial charge >= 0.3 is 0 Å². The molecule has 4 nitrogen and oxygen atoms in total. The summed E-state index contributed by atoms with van der Waals surface area (Å²) in [5, 5.41) is 2.46. The second-order valence-corrected chi connectivity index (χ2v) is 14.1. The largest absolute Gasteiger partial charge is 0.309 e. The number of para-hydroxylation sites is 2. The summed E-state index contributed by atoms with van der Waals surface area (Å²) in [4.78, 5) is 5.43. The number of aromatic nitrogens is 4. The summed E-state index contributed by atoms with van der Waals surface area (Å²) in [5.74, 6) is 0.882. The predicted molar refractivity (Wildman–Crippen MR) is 228 cm³/mol. The molecule has 0 aliphatic carbocycles. The third-order valence-corrected chi connectivity index (χ3v) is 10.8. The molecule has 0 aliphatic rings. The summed E-state index contributed by atoms with van der Waals surface area (Å²) in [6.45, 7) is 0. The molecule has 3 heterocycles. The van der Waals surface area contributed by atoms with Gasteiger partial charge in [0.05, 0.1) is 33.5 Å². The monoisotopic (exact) mass is 702 g/mol. The molecule has 0 aliphatic heterocycles. The van der Waals surface area contributed by atoms with Gasteiger partial charge in [-0.15, -0.1) is 0 Å². The fraction of sp³-hybridized carbons (Fsp3) is 0. The van der Waals surface area contributed by atoms with Crippen molar-refractivity contribution in [3.8, 4) is 56.1 Å². The molecular weight excluding hydrogens is 669 g/mol. The molecule has 0 bridgehead atoms. The lowest BCUT2D eigenvalue weighted by molar-refractivity contribution is 1.10. The van der Waals surface area contributed by atoms with Gasteiger partial charge in [0.1, 0.15) is 0 Å². The maximum absolute atomic E-state index is 5.43. The van der Waals surface area contributed by atoms with Crippen molar-refractivity contribution in [2.45, 2.75) is 0 Å². The molecule has 0 atom stereocenters. The second kappa shape index (κ2) is 12.6. The van der Waals surface area contributed by atoms with Crippen LogP contribution in [0.3, 0.4) is 0 Å². The molecule has 0 unspecified atom stereocenters. The molecule has 0 N–H and O–H groups in total. The van der Waals surface area contributed by atoms with E-state index in [2.05, 4.69) is 220 Å². The number of nitrogens with zero attached hydrogens (tertiary/aromatic N) is 4. The van der Waals surface area contributed by atoms with Crippen LogP contribution in [0.1, 0.15) is 0 Å². The Bertz CT molecular complexity index is 3170. The maximum atomic E-state index is 5.43. The first-order valence-electron chi connectivity index (χ1n) is 18.7. The summed E-state index contributed by atoms with van der Waals surface area (Å²) < 4.78 is 7.04. The third kappa shape index (κ3) is 5.03. The lowest BCUT2D eigenvalue weighted by atomic mass is 10.0. The predicted octanol–water partition coefficient (Wildman–Crippen LogP) is 13.0. The highest BCUT2D eigenvalue weighted by Gasteiger charge is 2.24. The van der Waals surface area contributed by atoms with Gasteiger partial charge in [-0.05, 0) is 76.9 Å². The van der Waals surface area contributed by atoms with E-state index in [0.717, 1.165) is 56.3 Å². The Morgan fingerprint density at radius 2 is 0.855 bits per heavy atom. The summed E-state index contributed by atoms with van der Waals surface area (Å²) in [6, 6.07) is 73.7. The van der Waals surface area contributed by atoms with Crippen LogP contribution in [-0.4, -0.2) is 18.5 Å². The van der Waals surface area contributed by atoms with E-state index in [1.54, 1.807) is 0 Å². The van der Waals surface area contributed by atoms with Crippen molar-refractivity contribution in [3.63, 3.8) is 0 Å². The minimum atomic E-state index is 0.882. The molecule has 55 heavy (non-hydrogen) atoms. The van der Waals surface area contributed by atoms with Crippen LogP contribution in [0.25, 0.3) is 94.8 Å². The topological polar surface area (TPSA) is 27.2 Å². The summed E-state index contributed by atoms with van der Waals surface area (Å²) in [7, 11) is 0. The number of hydrogen-bond donors (Lipinski definition) is 0. The van der Waals surface area contributed by atoms with Crippen LogP contribution in [-0.2, 0) is 0 Å². The van der Waals surface area contributed by atoms with Gasteiger partial charge in [-0.1, -0.05) is 152 Å². The summed E-state index contributed by atoms with van der Waals surface area (Å²) in [5.41, 5.74) is 15.8. The number of rotatable bonds is 6. The minimum absolute atomic E-state index is 0.882. The van der Waals surface area contributed by atoms with E-state index in [1.165, 1.54) is 38.5 Å². The van der Waals surface area contributed by atoms with Gasteiger partial charge in [0.25, 0.3) is 0 Å². The van der Waals surface area contributed by atoms with Crippen LogP contribution in [0, 0.1) is 0 Å². The van der Waals surface area contributed by atoms with Crippen LogP contribution in [0.15, 0.2) is 206 Å². The zero-order valence-corrected chi connectivity index (χ0v) is 29.9. The van der Waals surface area contributed by atoms with Crippen molar-refractivity contribution < 1.29 is 0 Å². The van der Waals surface area contributed by atoms with Crippen LogP contribution >= 0.6 is 0 Å². The van der Waals surface area contributed by atoms with E-state index in [4.69, 9.17) is 4.98 Å². The smallest absolute Gasteiger partial charge is 0.220 e. The Balaban J connectivity index is 1.14. The van der Waals surface area contributed by atoms with Gasteiger partial charge in [-0.2, -0.15) is 0 Å². The molecular formula is C51H34N4.